The van der Waals surface area contributed by atoms with Crippen LogP contribution in [0.15, 0.2) is 23.2 Å². The summed E-state index contributed by atoms with van der Waals surface area (Å²) in [5.74, 6) is 0.828. The van der Waals surface area contributed by atoms with Crippen molar-refractivity contribution in [3.63, 3.8) is 0 Å². The van der Waals surface area contributed by atoms with Crippen LogP contribution in [0, 0.1) is 13.8 Å². The van der Waals surface area contributed by atoms with E-state index in [1.54, 1.807) is 7.05 Å². The molecule has 120 valence electrons. The van der Waals surface area contributed by atoms with Gasteiger partial charge in [-0.05, 0) is 32.8 Å². The Hall–Kier alpha value is -0.820. The first-order valence-electron chi connectivity index (χ1n) is 7.25. The smallest absolute Gasteiger partial charge is 0.191 e. The predicted octanol–water partition coefficient (Wildman–Crippen LogP) is 2.67. The minimum Gasteiger partial charge on any atom is -0.380 e. The van der Waals surface area contributed by atoms with E-state index in [1.807, 2.05) is 6.92 Å². The lowest BCUT2D eigenvalue weighted by Crippen LogP contribution is -2.39. The summed E-state index contributed by atoms with van der Waals surface area (Å²) < 4.78 is 5.28. The van der Waals surface area contributed by atoms with Crippen LogP contribution in [0.25, 0.3) is 0 Å². The lowest BCUT2D eigenvalue weighted by atomic mass is 10.1. The third-order valence-electron chi connectivity index (χ3n) is 2.95. The number of halogens is 1. The predicted molar refractivity (Wildman–Crippen MR) is 101 cm³/mol. The van der Waals surface area contributed by atoms with Gasteiger partial charge in [-0.1, -0.05) is 29.3 Å². The van der Waals surface area contributed by atoms with E-state index >= 15 is 0 Å². The van der Waals surface area contributed by atoms with Gasteiger partial charge in [0, 0.05) is 26.7 Å². The normalized spacial score (nSPS) is 11.0. The third kappa shape index (κ3) is 8.93. The molecule has 0 bridgehead atoms. The Labute approximate surface area is 145 Å². The van der Waals surface area contributed by atoms with Crippen LogP contribution in [0.1, 0.15) is 23.6 Å². The molecular weight excluding hydrogens is 377 g/mol. The lowest BCUT2D eigenvalue weighted by Gasteiger charge is -2.12. The van der Waals surface area contributed by atoms with Crippen LogP contribution in [0.4, 0.5) is 0 Å². The minimum atomic E-state index is 0. The molecule has 0 fully saturated rings. The molecule has 0 spiro atoms. The van der Waals surface area contributed by atoms with Gasteiger partial charge in [0.25, 0.3) is 0 Å². The Bertz CT molecular complexity index is 415. The molecule has 0 unspecified atom stereocenters. The molecule has 4 nitrogen and oxygen atoms in total. The second kappa shape index (κ2) is 11.8. The SMILES string of the molecule is CCOCCNC(=NC)NCCc1cc(C)cc(C)c1.I. The summed E-state index contributed by atoms with van der Waals surface area (Å²) in [5, 5.41) is 6.54. The molecule has 0 aliphatic carbocycles. The molecule has 0 radical (unpaired) electrons. The highest BCUT2D eigenvalue weighted by Gasteiger charge is 1.99. The van der Waals surface area contributed by atoms with Crippen LogP contribution in [-0.2, 0) is 11.2 Å². The average Bonchev–Trinajstić information content (AvgIpc) is 2.40. The number of aryl methyl sites for hydroxylation is 2. The zero-order valence-corrected chi connectivity index (χ0v) is 15.9. The molecule has 0 aromatic heterocycles. The van der Waals surface area contributed by atoms with E-state index in [4.69, 9.17) is 4.74 Å². The fourth-order valence-corrected chi connectivity index (χ4v) is 2.15. The van der Waals surface area contributed by atoms with Gasteiger partial charge in [0.2, 0.25) is 0 Å². The van der Waals surface area contributed by atoms with Gasteiger partial charge in [-0.2, -0.15) is 0 Å². The van der Waals surface area contributed by atoms with E-state index < -0.39 is 0 Å². The number of nitrogens with one attached hydrogen (secondary N) is 2. The number of nitrogens with zero attached hydrogens (tertiary/aromatic N) is 1. The van der Waals surface area contributed by atoms with Crippen molar-refractivity contribution in [3.05, 3.63) is 34.9 Å². The van der Waals surface area contributed by atoms with Gasteiger partial charge in [0.05, 0.1) is 6.61 Å². The maximum Gasteiger partial charge on any atom is 0.191 e. The van der Waals surface area contributed by atoms with Gasteiger partial charge in [-0.15, -0.1) is 24.0 Å². The number of hydrogen-bond donors (Lipinski definition) is 2. The standard InChI is InChI=1S/C16H27N3O.HI/c1-5-20-9-8-19-16(17-4)18-7-6-15-11-13(2)10-14(3)12-15;/h10-12H,5-9H2,1-4H3,(H2,17,18,19);1H. The van der Waals surface area contributed by atoms with Gasteiger partial charge in [-0.3, -0.25) is 4.99 Å². The van der Waals surface area contributed by atoms with Crippen molar-refractivity contribution in [1.29, 1.82) is 0 Å². The van der Waals surface area contributed by atoms with E-state index in [-0.39, 0.29) is 24.0 Å². The molecule has 0 saturated carbocycles. The maximum absolute atomic E-state index is 5.28. The summed E-state index contributed by atoms with van der Waals surface area (Å²) in [7, 11) is 1.78. The quantitative estimate of drug-likeness (QED) is 0.317. The summed E-state index contributed by atoms with van der Waals surface area (Å²) in [6, 6.07) is 6.67. The van der Waals surface area contributed by atoms with Crippen molar-refractivity contribution in [3.8, 4) is 0 Å². The minimum absolute atomic E-state index is 0. The van der Waals surface area contributed by atoms with Crippen molar-refractivity contribution in [2.24, 2.45) is 4.99 Å². The number of ether oxygens (including phenoxy) is 1. The number of hydrogen-bond acceptors (Lipinski definition) is 2. The number of rotatable bonds is 7. The Morgan fingerprint density at radius 2 is 1.71 bits per heavy atom. The van der Waals surface area contributed by atoms with Gasteiger partial charge in [0.1, 0.15) is 0 Å². The first kappa shape index (κ1) is 20.2. The largest absolute Gasteiger partial charge is 0.380 e. The van der Waals surface area contributed by atoms with Gasteiger partial charge < -0.3 is 15.4 Å². The second-order valence-corrected chi connectivity index (χ2v) is 4.87. The van der Waals surface area contributed by atoms with Crippen LogP contribution in [-0.4, -0.2) is 39.3 Å². The van der Waals surface area contributed by atoms with Gasteiger partial charge >= 0.3 is 0 Å². The lowest BCUT2D eigenvalue weighted by molar-refractivity contribution is 0.152. The van der Waals surface area contributed by atoms with Gasteiger partial charge in [0.15, 0.2) is 5.96 Å². The highest BCUT2D eigenvalue weighted by atomic mass is 127. The van der Waals surface area contributed by atoms with Crippen LogP contribution in [0.5, 0.6) is 0 Å². The topological polar surface area (TPSA) is 45.6 Å². The highest BCUT2D eigenvalue weighted by Crippen LogP contribution is 2.08. The maximum atomic E-state index is 5.28. The summed E-state index contributed by atoms with van der Waals surface area (Å²) >= 11 is 0. The summed E-state index contributed by atoms with van der Waals surface area (Å²) in [4.78, 5) is 4.19. The van der Waals surface area contributed by atoms with Crippen LogP contribution >= 0.6 is 24.0 Å². The number of guanidine groups is 1. The Balaban J connectivity index is 0.00000400. The molecule has 1 aromatic rings. The Morgan fingerprint density at radius 1 is 1.10 bits per heavy atom. The van der Waals surface area contributed by atoms with Crippen LogP contribution in [0.3, 0.4) is 0 Å². The van der Waals surface area contributed by atoms with E-state index in [0.717, 1.165) is 32.1 Å². The molecule has 0 atom stereocenters. The summed E-state index contributed by atoms with van der Waals surface area (Å²) in [5.41, 5.74) is 4.00. The van der Waals surface area contributed by atoms with Crippen molar-refractivity contribution >= 4 is 29.9 Å². The van der Waals surface area contributed by atoms with Crippen molar-refractivity contribution < 1.29 is 4.74 Å². The van der Waals surface area contributed by atoms with Gasteiger partial charge in [-0.25, -0.2) is 0 Å². The monoisotopic (exact) mass is 405 g/mol. The first-order valence-corrected chi connectivity index (χ1v) is 7.25. The number of benzene rings is 1. The zero-order valence-electron chi connectivity index (χ0n) is 13.5. The van der Waals surface area contributed by atoms with Crippen LogP contribution in [0.2, 0.25) is 0 Å². The van der Waals surface area contributed by atoms with Crippen molar-refractivity contribution in [2.45, 2.75) is 27.2 Å². The molecule has 0 amide bonds. The highest BCUT2D eigenvalue weighted by molar-refractivity contribution is 14.0. The molecule has 0 heterocycles. The Morgan fingerprint density at radius 3 is 2.29 bits per heavy atom. The second-order valence-electron chi connectivity index (χ2n) is 4.87. The summed E-state index contributed by atoms with van der Waals surface area (Å²) in [6.45, 7) is 9.37. The molecule has 0 aliphatic heterocycles. The molecule has 1 aromatic carbocycles. The number of aliphatic imine (C=N–C) groups is 1. The zero-order chi connectivity index (χ0) is 14.8. The van der Waals surface area contributed by atoms with E-state index in [0.29, 0.717) is 6.61 Å². The average molecular weight is 405 g/mol. The third-order valence-corrected chi connectivity index (χ3v) is 2.95. The molecule has 5 heteroatoms. The molecule has 0 saturated heterocycles. The fraction of sp³-hybridized carbons (Fsp3) is 0.562. The van der Waals surface area contributed by atoms with E-state index in [9.17, 15) is 0 Å². The molecule has 0 aliphatic rings. The fourth-order valence-electron chi connectivity index (χ4n) is 2.15. The van der Waals surface area contributed by atoms with Crippen molar-refractivity contribution in [1.82, 2.24) is 10.6 Å². The molecule has 2 N–H and O–H groups in total. The first-order chi connectivity index (χ1) is 9.65. The molecular formula is C16H28IN3O. The summed E-state index contributed by atoms with van der Waals surface area (Å²) in [6.07, 6.45) is 0.995. The van der Waals surface area contributed by atoms with E-state index in [2.05, 4.69) is 47.7 Å². The van der Waals surface area contributed by atoms with Crippen molar-refractivity contribution in [2.75, 3.05) is 33.4 Å². The Kier molecular flexibility index (Phi) is 11.3. The molecule has 21 heavy (non-hydrogen) atoms. The van der Waals surface area contributed by atoms with Crippen LogP contribution < -0.4 is 10.6 Å². The van der Waals surface area contributed by atoms with E-state index in [1.165, 1.54) is 16.7 Å². The molecule has 1 rings (SSSR count).